The van der Waals surface area contributed by atoms with E-state index in [1.165, 1.54) is 4.88 Å². The number of nitrogens with zero attached hydrogens (tertiary/aromatic N) is 1. The van der Waals surface area contributed by atoms with Crippen LogP contribution in [0.3, 0.4) is 0 Å². The quantitative estimate of drug-likeness (QED) is 0.815. The summed E-state index contributed by atoms with van der Waals surface area (Å²) in [4.78, 5) is 13.6. The highest BCUT2D eigenvalue weighted by atomic mass is 32.1. The van der Waals surface area contributed by atoms with Gasteiger partial charge in [-0.2, -0.15) is 5.26 Å². The van der Waals surface area contributed by atoms with E-state index in [2.05, 4.69) is 32.2 Å². The second kappa shape index (κ2) is 7.01. The van der Waals surface area contributed by atoms with Crippen molar-refractivity contribution in [2.45, 2.75) is 52.4 Å². The van der Waals surface area contributed by atoms with Crippen LogP contribution in [-0.4, -0.2) is 5.91 Å². The van der Waals surface area contributed by atoms with Crippen molar-refractivity contribution in [1.29, 1.82) is 5.26 Å². The number of amides is 1. The van der Waals surface area contributed by atoms with Gasteiger partial charge in [0.1, 0.15) is 11.1 Å². The fraction of sp³-hybridized carbons (Fsp3) is 0.429. The van der Waals surface area contributed by atoms with Crippen LogP contribution >= 0.6 is 11.3 Å². The molecule has 1 amide bonds. The SMILES string of the molecule is C[C@@H]1CC(C)(C)Cc2c1sc(NC(=O)CCc1ccccc1)c2C#N. The summed E-state index contributed by atoms with van der Waals surface area (Å²) in [5.41, 5.74) is 3.18. The summed E-state index contributed by atoms with van der Waals surface area (Å²) in [6.07, 6.45) is 3.17. The Hall–Kier alpha value is -2.12. The molecule has 1 N–H and O–H groups in total. The third kappa shape index (κ3) is 3.93. The molecule has 3 rings (SSSR count). The Kier molecular flexibility index (Phi) is 4.96. The number of anilines is 1. The Bertz CT molecular complexity index is 814. The minimum Gasteiger partial charge on any atom is -0.317 e. The number of rotatable bonds is 4. The van der Waals surface area contributed by atoms with Crippen LogP contribution in [0, 0.1) is 16.7 Å². The lowest BCUT2D eigenvalue weighted by Crippen LogP contribution is -2.23. The lowest BCUT2D eigenvalue weighted by molar-refractivity contribution is -0.116. The Morgan fingerprint density at radius 3 is 2.76 bits per heavy atom. The van der Waals surface area contributed by atoms with Crippen molar-refractivity contribution in [2.24, 2.45) is 5.41 Å². The van der Waals surface area contributed by atoms with Gasteiger partial charge >= 0.3 is 0 Å². The van der Waals surface area contributed by atoms with Gasteiger partial charge in [0.05, 0.1) is 5.56 Å². The number of carbonyl (C=O) groups excluding carboxylic acids is 1. The minimum absolute atomic E-state index is 0.0223. The fourth-order valence-electron chi connectivity index (χ4n) is 3.83. The Morgan fingerprint density at radius 2 is 2.08 bits per heavy atom. The summed E-state index contributed by atoms with van der Waals surface area (Å²) in [5.74, 6) is 0.414. The van der Waals surface area contributed by atoms with Gasteiger partial charge in [0.2, 0.25) is 5.91 Å². The predicted molar refractivity (Wildman–Crippen MR) is 103 cm³/mol. The lowest BCUT2D eigenvalue weighted by atomic mass is 9.72. The second-order valence-electron chi connectivity index (χ2n) is 7.74. The van der Waals surface area contributed by atoms with Gasteiger partial charge in [-0.3, -0.25) is 4.79 Å². The van der Waals surface area contributed by atoms with Crippen molar-refractivity contribution in [1.82, 2.24) is 0 Å². The van der Waals surface area contributed by atoms with Crippen LogP contribution in [0.5, 0.6) is 0 Å². The summed E-state index contributed by atoms with van der Waals surface area (Å²) in [6, 6.07) is 12.3. The number of fused-ring (bicyclic) bond motifs is 1. The largest absolute Gasteiger partial charge is 0.317 e. The maximum Gasteiger partial charge on any atom is 0.225 e. The molecule has 1 aliphatic rings. The fourth-order valence-corrected chi connectivity index (χ4v) is 5.06. The van der Waals surface area contributed by atoms with E-state index in [0.29, 0.717) is 24.3 Å². The Balaban J connectivity index is 1.75. The van der Waals surface area contributed by atoms with Crippen molar-refractivity contribution in [3.05, 3.63) is 51.9 Å². The van der Waals surface area contributed by atoms with E-state index in [0.717, 1.165) is 29.0 Å². The summed E-state index contributed by atoms with van der Waals surface area (Å²) in [5, 5.41) is 13.4. The number of hydrogen-bond acceptors (Lipinski definition) is 3. The van der Waals surface area contributed by atoms with Crippen LogP contribution in [0.2, 0.25) is 0 Å². The monoisotopic (exact) mass is 352 g/mol. The maximum atomic E-state index is 12.4. The van der Waals surface area contributed by atoms with Crippen molar-refractivity contribution in [3.8, 4) is 6.07 Å². The highest BCUT2D eigenvalue weighted by Crippen LogP contribution is 2.48. The van der Waals surface area contributed by atoms with Crippen LogP contribution < -0.4 is 5.32 Å². The van der Waals surface area contributed by atoms with Gasteiger partial charge in [0.25, 0.3) is 0 Å². The summed E-state index contributed by atoms with van der Waals surface area (Å²) >= 11 is 1.59. The molecule has 1 aliphatic carbocycles. The Morgan fingerprint density at radius 1 is 1.36 bits per heavy atom. The summed E-state index contributed by atoms with van der Waals surface area (Å²) in [7, 11) is 0. The molecule has 0 radical (unpaired) electrons. The van der Waals surface area contributed by atoms with Crippen LogP contribution in [0.4, 0.5) is 5.00 Å². The third-order valence-corrected chi connectivity index (χ3v) is 6.23. The molecule has 0 aliphatic heterocycles. The maximum absolute atomic E-state index is 12.4. The van der Waals surface area contributed by atoms with Gasteiger partial charge in [-0.25, -0.2) is 0 Å². The van der Waals surface area contributed by atoms with Crippen molar-refractivity contribution in [3.63, 3.8) is 0 Å². The number of thiophene rings is 1. The average molecular weight is 353 g/mol. The summed E-state index contributed by atoms with van der Waals surface area (Å²) in [6.45, 7) is 6.73. The van der Waals surface area contributed by atoms with Crippen molar-refractivity contribution < 1.29 is 4.79 Å². The molecule has 1 aromatic heterocycles. The number of nitrogens with one attached hydrogen (secondary N) is 1. The molecule has 0 unspecified atom stereocenters. The first-order valence-electron chi connectivity index (χ1n) is 8.79. The van der Waals surface area contributed by atoms with Gasteiger partial charge < -0.3 is 5.32 Å². The lowest BCUT2D eigenvalue weighted by Gasteiger charge is -2.33. The molecule has 25 heavy (non-hydrogen) atoms. The zero-order chi connectivity index (χ0) is 18.0. The molecule has 1 atom stereocenters. The molecule has 4 heteroatoms. The van der Waals surface area contributed by atoms with Gasteiger partial charge in [-0.15, -0.1) is 11.3 Å². The molecule has 0 fully saturated rings. The predicted octanol–water partition coefficient (Wildman–Crippen LogP) is 5.27. The van der Waals surface area contributed by atoms with Crippen molar-refractivity contribution in [2.75, 3.05) is 5.32 Å². The third-order valence-electron chi connectivity index (χ3n) is 4.85. The molecule has 0 spiro atoms. The normalized spacial score (nSPS) is 18.2. The molecule has 0 bridgehead atoms. The second-order valence-corrected chi connectivity index (χ2v) is 8.79. The number of aryl methyl sites for hydroxylation is 1. The van der Waals surface area contributed by atoms with Gasteiger partial charge in [0.15, 0.2) is 0 Å². The summed E-state index contributed by atoms with van der Waals surface area (Å²) < 4.78 is 0. The zero-order valence-electron chi connectivity index (χ0n) is 15.1. The highest BCUT2D eigenvalue weighted by molar-refractivity contribution is 7.16. The van der Waals surface area contributed by atoms with E-state index in [1.807, 2.05) is 30.3 Å². The van der Waals surface area contributed by atoms with E-state index in [1.54, 1.807) is 11.3 Å². The Labute approximate surface area is 153 Å². The highest BCUT2D eigenvalue weighted by Gasteiger charge is 2.34. The molecule has 1 aromatic carbocycles. The van der Waals surface area contributed by atoms with E-state index >= 15 is 0 Å². The smallest absolute Gasteiger partial charge is 0.225 e. The molecular formula is C21H24N2OS. The molecular weight excluding hydrogens is 328 g/mol. The van der Waals surface area contributed by atoms with Crippen LogP contribution in [0.1, 0.15) is 61.1 Å². The average Bonchev–Trinajstić information content (AvgIpc) is 2.90. The minimum atomic E-state index is -0.0223. The van der Waals surface area contributed by atoms with Crippen LogP contribution in [0.15, 0.2) is 30.3 Å². The molecule has 2 aromatic rings. The number of benzene rings is 1. The first kappa shape index (κ1) is 17.7. The molecule has 130 valence electrons. The van der Waals surface area contributed by atoms with Crippen molar-refractivity contribution >= 4 is 22.2 Å². The number of nitriles is 1. The molecule has 1 heterocycles. The number of hydrogen-bond donors (Lipinski definition) is 1. The van der Waals surface area contributed by atoms with Gasteiger partial charge in [0, 0.05) is 11.3 Å². The van der Waals surface area contributed by atoms with E-state index in [4.69, 9.17) is 0 Å². The number of carbonyl (C=O) groups is 1. The van der Waals surface area contributed by atoms with Crippen LogP contribution in [0.25, 0.3) is 0 Å². The van der Waals surface area contributed by atoms with E-state index in [-0.39, 0.29) is 11.3 Å². The van der Waals surface area contributed by atoms with E-state index < -0.39 is 0 Å². The molecule has 3 nitrogen and oxygen atoms in total. The first-order chi connectivity index (χ1) is 11.9. The molecule has 0 saturated heterocycles. The standard InChI is InChI=1S/C21H24N2OS/c1-14-11-21(2,3)12-16-17(13-22)20(25-19(14)16)23-18(24)10-9-15-7-5-4-6-8-15/h4-8,14H,9-12H2,1-3H3,(H,23,24)/t14-/m1/s1. The van der Waals surface area contributed by atoms with E-state index in [9.17, 15) is 10.1 Å². The topological polar surface area (TPSA) is 52.9 Å². The van der Waals surface area contributed by atoms with Gasteiger partial charge in [-0.05, 0) is 41.7 Å². The first-order valence-corrected chi connectivity index (χ1v) is 9.61. The molecule has 0 saturated carbocycles. The van der Waals surface area contributed by atoms with Crippen LogP contribution in [-0.2, 0) is 17.6 Å². The van der Waals surface area contributed by atoms with Gasteiger partial charge in [-0.1, -0.05) is 51.1 Å². The zero-order valence-corrected chi connectivity index (χ0v) is 15.9.